The molecule has 3 aromatic rings. The van der Waals surface area contributed by atoms with Crippen LogP contribution in [0.5, 0.6) is 0 Å². The summed E-state index contributed by atoms with van der Waals surface area (Å²) in [6, 6.07) is 5.51. The molecular formula is C18H17BrFN5O2S. The van der Waals surface area contributed by atoms with Gasteiger partial charge in [0.1, 0.15) is 15.9 Å². The second-order valence-corrected chi connectivity index (χ2v) is 9.11. The van der Waals surface area contributed by atoms with Crippen molar-refractivity contribution in [3.05, 3.63) is 61.4 Å². The number of thiazole rings is 1. The zero-order valence-electron chi connectivity index (χ0n) is 15.0. The molecule has 0 radical (unpaired) electrons. The largest absolute Gasteiger partial charge is 0.350 e. The van der Waals surface area contributed by atoms with E-state index < -0.39 is 0 Å². The molecule has 1 fully saturated rings. The van der Waals surface area contributed by atoms with Gasteiger partial charge >= 0.3 is 5.69 Å². The van der Waals surface area contributed by atoms with Crippen molar-refractivity contribution >= 4 is 33.2 Å². The van der Waals surface area contributed by atoms with Crippen molar-refractivity contribution in [1.29, 1.82) is 0 Å². The van der Waals surface area contributed by atoms with Crippen molar-refractivity contribution < 1.29 is 9.18 Å². The number of benzene rings is 1. The number of carbonyl (C=O) groups excluding carboxylic acids is 1. The molecule has 1 amide bonds. The van der Waals surface area contributed by atoms with Gasteiger partial charge in [-0.3, -0.25) is 4.79 Å². The third kappa shape index (κ3) is 3.53. The van der Waals surface area contributed by atoms with Crippen LogP contribution >= 0.6 is 27.3 Å². The van der Waals surface area contributed by atoms with Crippen molar-refractivity contribution in [2.75, 3.05) is 6.54 Å². The Morgan fingerprint density at radius 3 is 2.79 bits per heavy atom. The number of carbonyl (C=O) groups is 1. The molecule has 0 bridgehead atoms. The van der Waals surface area contributed by atoms with Gasteiger partial charge < -0.3 is 4.90 Å². The standard InChI is InChI=1S/C18H17BrFN5O2S/c1-11-22-15(16(19)28-11)17(26)23-8-2-3-14(23)9-25-18(27)24(10-21-25)13-6-4-12(20)5-7-13/h4-7,10,14H,2-3,8-9H2,1H3/t14-/m0/s1. The third-order valence-corrected chi connectivity index (χ3v) is 6.38. The van der Waals surface area contributed by atoms with Gasteiger partial charge in [-0.25, -0.2) is 23.4 Å². The summed E-state index contributed by atoms with van der Waals surface area (Å²) in [6.45, 7) is 2.79. The molecule has 0 aliphatic carbocycles. The van der Waals surface area contributed by atoms with Gasteiger partial charge in [-0.05, 0) is 60.0 Å². The van der Waals surface area contributed by atoms with Crippen LogP contribution in [0.15, 0.2) is 39.2 Å². The van der Waals surface area contributed by atoms with E-state index in [-0.39, 0.29) is 23.5 Å². The van der Waals surface area contributed by atoms with E-state index in [4.69, 9.17) is 0 Å². The van der Waals surface area contributed by atoms with Gasteiger partial charge in [-0.15, -0.1) is 11.3 Å². The van der Waals surface area contributed by atoms with Crippen LogP contribution in [0.4, 0.5) is 4.39 Å². The van der Waals surface area contributed by atoms with Crippen molar-refractivity contribution in [3.8, 4) is 5.69 Å². The van der Waals surface area contributed by atoms with Gasteiger partial charge in [0.15, 0.2) is 5.69 Å². The van der Waals surface area contributed by atoms with Gasteiger partial charge in [-0.1, -0.05) is 0 Å². The highest BCUT2D eigenvalue weighted by atomic mass is 79.9. The minimum absolute atomic E-state index is 0.129. The highest BCUT2D eigenvalue weighted by molar-refractivity contribution is 9.11. The number of likely N-dealkylation sites (tertiary alicyclic amines) is 1. The highest BCUT2D eigenvalue weighted by Gasteiger charge is 2.32. The molecule has 0 saturated carbocycles. The lowest BCUT2D eigenvalue weighted by molar-refractivity contribution is 0.0714. The van der Waals surface area contributed by atoms with Crippen LogP contribution in [0.1, 0.15) is 28.3 Å². The van der Waals surface area contributed by atoms with Gasteiger partial charge in [0, 0.05) is 6.54 Å². The molecule has 146 valence electrons. The summed E-state index contributed by atoms with van der Waals surface area (Å²) in [4.78, 5) is 31.7. The molecule has 3 heterocycles. The third-order valence-electron chi connectivity index (χ3n) is 4.76. The zero-order valence-corrected chi connectivity index (χ0v) is 17.4. The zero-order chi connectivity index (χ0) is 19.8. The molecule has 0 spiro atoms. The first-order valence-electron chi connectivity index (χ1n) is 8.78. The van der Waals surface area contributed by atoms with Crippen LogP contribution in [0.2, 0.25) is 0 Å². The molecule has 0 unspecified atom stereocenters. The summed E-state index contributed by atoms with van der Waals surface area (Å²) in [7, 11) is 0. The van der Waals surface area contributed by atoms with E-state index in [0.717, 1.165) is 21.6 Å². The summed E-state index contributed by atoms with van der Waals surface area (Å²) in [5.74, 6) is -0.502. The number of nitrogens with zero attached hydrogens (tertiary/aromatic N) is 5. The Morgan fingerprint density at radius 1 is 1.36 bits per heavy atom. The Kier molecular flexibility index (Phi) is 5.15. The molecule has 28 heavy (non-hydrogen) atoms. The first kappa shape index (κ1) is 19.0. The highest BCUT2D eigenvalue weighted by Crippen LogP contribution is 2.28. The second kappa shape index (κ2) is 7.59. The summed E-state index contributed by atoms with van der Waals surface area (Å²) in [5.41, 5.74) is 0.633. The molecule has 10 heteroatoms. The SMILES string of the molecule is Cc1nc(C(=O)N2CCC[C@H]2Cn2ncn(-c3ccc(F)cc3)c2=O)c(Br)s1. The molecule has 2 aromatic heterocycles. The summed E-state index contributed by atoms with van der Waals surface area (Å²) < 4.78 is 16.5. The lowest BCUT2D eigenvalue weighted by atomic mass is 10.2. The number of halogens is 2. The monoisotopic (exact) mass is 465 g/mol. The maximum absolute atomic E-state index is 13.1. The fourth-order valence-corrected chi connectivity index (χ4v) is 4.99. The van der Waals surface area contributed by atoms with Gasteiger partial charge in [0.25, 0.3) is 5.91 Å². The fraction of sp³-hybridized carbons (Fsp3) is 0.333. The maximum atomic E-state index is 13.1. The quantitative estimate of drug-likeness (QED) is 0.593. The Morgan fingerprint density at radius 2 is 2.11 bits per heavy atom. The Bertz CT molecular complexity index is 1070. The second-order valence-electron chi connectivity index (χ2n) is 6.59. The normalized spacial score (nSPS) is 16.7. The molecular weight excluding hydrogens is 449 g/mol. The van der Waals surface area contributed by atoms with Gasteiger partial charge in [0.2, 0.25) is 0 Å². The van der Waals surface area contributed by atoms with E-state index in [1.165, 1.54) is 51.2 Å². The lowest BCUT2D eigenvalue weighted by Crippen LogP contribution is -2.40. The molecule has 7 nitrogen and oxygen atoms in total. The number of aryl methyl sites for hydroxylation is 1. The predicted octanol–water partition coefficient (Wildman–Crippen LogP) is 3.01. The van der Waals surface area contributed by atoms with E-state index in [0.29, 0.717) is 24.5 Å². The van der Waals surface area contributed by atoms with Crippen molar-refractivity contribution in [2.24, 2.45) is 0 Å². The lowest BCUT2D eigenvalue weighted by Gasteiger charge is -2.23. The fourth-order valence-electron chi connectivity index (χ4n) is 3.40. The number of amides is 1. The van der Waals surface area contributed by atoms with E-state index >= 15 is 0 Å². The first-order valence-corrected chi connectivity index (χ1v) is 10.4. The Hall–Kier alpha value is -2.33. The van der Waals surface area contributed by atoms with Gasteiger partial charge in [0.05, 0.1) is 23.3 Å². The molecule has 1 aromatic carbocycles. The molecule has 1 aliphatic rings. The number of hydrogen-bond acceptors (Lipinski definition) is 5. The van der Waals surface area contributed by atoms with Crippen molar-refractivity contribution in [2.45, 2.75) is 32.4 Å². The number of rotatable bonds is 4. The average molecular weight is 466 g/mol. The van der Waals surface area contributed by atoms with Crippen LogP contribution in [0.3, 0.4) is 0 Å². The molecule has 0 N–H and O–H groups in total. The minimum Gasteiger partial charge on any atom is -0.332 e. The number of hydrogen-bond donors (Lipinski definition) is 0. The van der Waals surface area contributed by atoms with E-state index in [1.807, 2.05) is 6.92 Å². The Labute approximate surface area is 172 Å². The van der Waals surface area contributed by atoms with Crippen molar-refractivity contribution in [1.82, 2.24) is 24.2 Å². The van der Waals surface area contributed by atoms with Crippen LogP contribution in [-0.2, 0) is 6.54 Å². The first-order chi connectivity index (χ1) is 13.4. The number of aromatic nitrogens is 4. The molecule has 4 rings (SSSR count). The van der Waals surface area contributed by atoms with Crippen LogP contribution in [0, 0.1) is 12.7 Å². The summed E-state index contributed by atoms with van der Waals surface area (Å²) in [5, 5.41) is 5.00. The molecule has 1 atom stereocenters. The summed E-state index contributed by atoms with van der Waals surface area (Å²) >= 11 is 4.83. The summed E-state index contributed by atoms with van der Waals surface area (Å²) in [6.07, 6.45) is 3.07. The Balaban J connectivity index is 1.55. The predicted molar refractivity (Wildman–Crippen MR) is 106 cm³/mol. The van der Waals surface area contributed by atoms with Crippen molar-refractivity contribution in [3.63, 3.8) is 0 Å². The topological polar surface area (TPSA) is 73.0 Å². The van der Waals surface area contributed by atoms with E-state index in [2.05, 4.69) is 26.0 Å². The minimum atomic E-state index is -0.368. The smallest absolute Gasteiger partial charge is 0.332 e. The maximum Gasteiger partial charge on any atom is 0.350 e. The van der Waals surface area contributed by atoms with Crippen LogP contribution in [0.25, 0.3) is 5.69 Å². The van der Waals surface area contributed by atoms with E-state index in [9.17, 15) is 14.0 Å². The average Bonchev–Trinajstić information content (AvgIpc) is 3.36. The van der Waals surface area contributed by atoms with E-state index in [1.54, 1.807) is 4.90 Å². The molecule has 1 aliphatic heterocycles. The van der Waals surface area contributed by atoms with Crippen LogP contribution in [-0.4, -0.2) is 42.7 Å². The molecule has 1 saturated heterocycles. The van der Waals surface area contributed by atoms with Crippen LogP contribution < -0.4 is 5.69 Å². The van der Waals surface area contributed by atoms with Gasteiger partial charge in [-0.2, -0.15) is 5.10 Å².